The van der Waals surface area contributed by atoms with E-state index in [2.05, 4.69) is 0 Å². The second-order valence-electron chi connectivity index (χ2n) is 2.63. The molecule has 1 fully saturated rings. The summed E-state index contributed by atoms with van der Waals surface area (Å²) in [4.78, 5) is 0. The highest BCUT2D eigenvalue weighted by atomic mass is 35.5. The molecule has 1 saturated heterocycles. The van der Waals surface area contributed by atoms with Gasteiger partial charge < -0.3 is 4.74 Å². The Kier molecular flexibility index (Phi) is 3.22. The van der Waals surface area contributed by atoms with Crippen molar-refractivity contribution in [3.63, 3.8) is 0 Å². The van der Waals surface area contributed by atoms with Gasteiger partial charge in [0, 0.05) is 0 Å². The number of rotatable bonds is 4. The van der Waals surface area contributed by atoms with Crippen LogP contribution in [0, 0.1) is 0 Å². The maximum atomic E-state index is 5.67. The van der Waals surface area contributed by atoms with Crippen molar-refractivity contribution in [2.24, 2.45) is 0 Å². The molecule has 0 radical (unpaired) electrons. The maximum Gasteiger partial charge on any atom is 0.127 e. The van der Waals surface area contributed by atoms with Gasteiger partial charge in [0.2, 0.25) is 0 Å². The Hall–Kier alpha value is 1.12. The third-order valence-corrected chi connectivity index (χ3v) is 3.77. The van der Waals surface area contributed by atoms with E-state index in [1.54, 1.807) is 0 Å². The molecule has 0 amide bonds. The van der Waals surface area contributed by atoms with Crippen LogP contribution in [-0.4, -0.2) is 34.7 Å². The summed E-state index contributed by atoms with van der Waals surface area (Å²) in [6.07, 6.45) is 0. The van der Waals surface area contributed by atoms with Crippen LogP contribution in [-0.2, 0) is 4.74 Å². The predicted molar refractivity (Wildman–Crippen MR) is 49.4 cm³/mol. The van der Waals surface area contributed by atoms with E-state index in [0.29, 0.717) is 23.5 Å². The topological polar surface area (TPSA) is 12.5 Å². The Bertz CT molecular complexity index is 126. The van der Waals surface area contributed by atoms with Gasteiger partial charge in [0.15, 0.2) is 0 Å². The highest BCUT2D eigenvalue weighted by Crippen LogP contribution is 2.51. The van der Waals surface area contributed by atoms with Crippen LogP contribution < -0.4 is 0 Å². The number of hydrogen-bond acceptors (Lipinski definition) is 1. The van der Waals surface area contributed by atoms with Crippen molar-refractivity contribution in [1.82, 2.24) is 0 Å². The van der Waals surface area contributed by atoms with Crippen LogP contribution in [0.3, 0.4) is 0 Å². The van der Waals surface area contributed by atoms with E-state index < -0.39 is 11.2 Å². The highest BCUT2D eigenvalue weighted by Gasteiger charge is 2.68. The molecular weight excluding hydrogens is 230 g/mol. The molecule has 1 aliphatic heterocycles. The summed E-state index contributed by atoms with van der Waals surface area (Å²) in [6.45, 7) is 0. The SMILES string of the molecule is ClCC1(CCl)OC1(CCl)CCl. The molecule has 0 aromatic carbocycles. The normalized spacial score (nSPS) is 25.1. The average molecular weight is 238 g/mol. The van der Waals surface area contributed by atoms with Crippen LogP contribution in [0.5, 0.6) is 0 Å². The first-order valence-corrected chi connectivity index (χ1v) is 5.28. The van der Waals surface area contributed by atoms with Crippen LogP contribution >= 0.6 is 46.4 Å². The Morgan fingerprint density at radius 2 is 1.00 bits per heavy atom. The molecule has 1 aliphatic rings. The van der Waals surface area contributed by atoms with E-state index in [0.717, 1.165) is 0 Å². The van der Waals surface area contributed by atoms with Gasteiger partial charge in [0.1, 0.15) is 11.2 Å². The number of hydrogen-bond donors (Lipinski definition) is 0. The van der Waals surface area contributed by atoms with E-state index in [4.69, 9.17) is 51.1 Å². The number of ether oxygens (including phenoxy) is 1. The molecule has 0 bridgehead atoms. The fourth-order valence-electron chi connectivity index (χ4n) is 1.02. The largest absolute Gasteiger partial charge is 0.357 e. The van der Waals surface area contributed by atoms with E-state index in [-0.39, 0.29) is 0 Å². The summed E-state index contributed by atoms with van der Waals surface area (Å²) >= 11 is 22.7. The van der Waals surface area contributed by atoms with Crippen LogP contribution in [0.1, 0.15) is 0 Å². The maximum absolute atomic E-state index is 5.67. The first-order chi connectivity index (χ1) is 5.20. The van der Waals surface area contributed by atoms with Gasteiger partial charge in [-0.2, -0.15) is 0 Å². The van der Waals surface area contributed by atoms with Crippen LogP contribution in [0.4, 0.5) is 0 Å². The minimum atomic E-state index is -0.486. The number of halogens is 4. The minimum absolute atomic E-state index is 0.343. The van der Waals surface area contributed by atoms with Gasteiger partial charge in [-0.05, 0) is 0 Å². The molecule has 0 unspecified atom stereocenters. The van der Waals surface area contributed by atoms with Gasteiger partial charge in [-0.25, -0.2) is 0 Å². The lowest BCUT2D eigenvalue weighted by molar-refractivity contribution is 0.301. The van der Waals surface area contributed by atoms with Crippen molar-refractivity contribution >= 4 is 46.4 Å². The molecule has 0 saturated carbocycles. The fourth-order valence-corrected chi connectivity index (χ4v) is 2.78. The lowest BCUT2D eigenvalue weighted by Crippen LogP contribution is -2.32. The Labute approximate surface area is 85.9 Å². The second kappa shape index (κ2) is 3.47. The molecule has 1 rings (SSSR count). The number of epoxide rings is 1. The summed E-state index contributed by atoms with van der Waals surface area (Å²) < 4.78 is 5.36. The van der Waals surface area contributed by atoms with Gasteiger partial charge in [0.05, 0.1) is 23.5 Å². The van der Waals surface area contributed by atoms with Gasteiger partial charge in [-0.1, -0.05) is 0 Å². The standard InChI is InChI=1S/C6H8Cl4O/c7-1-5(2-8)6(3-9,4-10)11-5/h1-4H2. The van der Waals surface area contributed by atoms with Crippen molar-refractivity contribution in [3.05, 3.63) is 0 Å². The molecule has 0 aliphatic carbocycles. The van der Waals surface area contributed by atoms with E-state index in [1.807, 2.05) is 0 Å². The summed E-state index contributed by atoms with van der Waals surface area (Å²) in [5, 5.41) is 0. The van der Waals surface area contributed by atoms with Gasteiger partial charge >= 0.3 is 0 Å². The molecule has 0 aromatic heterocycles. The molecule has 0 spiro atoms. The molecular formula is C6H8Cl4O. The second-order valence-corrected chi connectivity index (χ2v) is 3.69. The summed E-state index contributed by atoms with van der Waals surface area (Å²) in [7, 11) is 0. The Morgan fingerprint density at radius 1 is 0.727 bits per heavy atom. The molecule has 11 heavy (non-hydrogen) atoms. The first-order valence-electron chi connectivity index (χ1n) is 3.14. The van der Waals surface area contributed by atoms with Crippen LogP contribution in [0.25, 0.3) is 0 Å². The zero-order valence-electron chi connectivity index (χ0n) is 5.75. The predicted octanol–water partition coefficient (Wildman–Crippen LogP) is 2.45. The van der Waals surface area contributed by atoms with Crippen LogP contribution in [0.2, 0.25) is 0 Å². The molecule has 5 heteroatoms. The summed E-state index contributed by atoms with van der Waals surface area (Å²) in [6, 6.07) is 0. The lowest BCUT2D eigenvalue weighted by atomic mass is 10.00. The van der Waals surface area contributed by atoms with Crippen molar-refractivity contribution < 1.29 is 4.74 Å². The quantitative estimate of drug-likeness (QED) is 0.541. The van der Waals surface area contributed by atoms with Crippen molar-refractivity contribution in [3.8, 4) is 0 Å². The smallest absolute Gasteiger partial charge is 0.127 e. The van der Waals surface area contributed by atoms with Gasteiger partial charge in [0.25, 0.3) is 0 Å². The molecule has 66 valence electrons. The zero-order chi connectivity index (χ0) is 8.54. The highest BCUT2D eigenvalue weighted by molar-refractivity contribution is 6.25. The average Bonchev–Trinajstić information content (AvgIpc) is 2.75. The monoisotopic (exact) mass is 236 g/mol. The van der Waals surface area contributed by atoms with Gasteiger partial charge in [-0.15, -0.1) is 46.4 Å². The van der Waals surface area contributed by atoms with Gasteiger partial charge in [-0.3, -0.25) is 0 Å². The van der Waals surface area contributed by atoms with Crippen molar-refractivity contribution in [2.75, 3.05) is 23.5 Å². The van der Waals surface area contributed by atoms with Crippen LogP contribution in [0.15, 0.2) is 0 Å². The fraction of sp³-hybridized carbons (Fsp3) is 1.00. The summed E-state index contributed by atoms with van der Waals surface area (Å²) in [5.41, 5.74) is -0.973. The van der Waals surface area contributed by atoms with E-state index in [1.165, 1.54) is 0 Å². The third kappa shape index (κ3) is 1.36. The molecule has 0 atom stereocenters. The zero-order valence-corrected chi connectivity index (χ0v) is 8.77. The van der Waals surface area contributed by atoms with Crippen molar-refractivity contribution in [1.29, 1.82) is 0 Å². The number of alkyl halides is 4. The third-order valence-electron chi connectivity index (χ3n) is 2.04. The Balaban J connectivity index is 2.65. The minimum Gasteiger partial charge on any atom is -0.357 e. The summed E-state index contributed by atoms with van der Waals surface area (Å²) in [5.74, 6) is 1.37. The molecule has 1 heterocycles. The lowest BCUT2D eigenvalue weighted by Gasteiger charge is -2.09. The Morgan fingerprint density at radius 3 is 1.09 bits per heavy atom. The molecule has 0 aromatic rings. The van der Waals surface area contributed by atoms with E-state index in [9.17, 15) is 0 Å². The van der Waals surface area contributed by atoms with Crippen molar-refractivity contribution in [2.45, 2.75) is 11.2 Å². The first kappa shape index (κ1) is 10.2. The molecule has 1 nitrogen and oxygen atoms in total. The molecule has 0 N–H and O–H groups in total. The van der Waals surface area contributed by atoms with E-state index >= 15 is 0 Å².